The molecule has 0 radical (unpaired) electrons. The fraction of sp³-hybridized carbons (Fsp3) is 0.240. The predicted octanol–water partition coefficient (Wildman–Crippen LogP) is 5.53. The molecular formula is C25H26F4N4O. The molecule has 9 heteroatoms. The Morgan fingerprint density at radius 3 is 2.59 bits per heavy atom. The summed E-state index contributed by atoms with van der Waals surface area (Å²) in [4.78, 5) is 22.5. The summed E-state index contributed by atoms with van der Waals surface area (Å²) in [7, 11) is 0.500. The SMILES string of the molecule is C=C(/C=N\C(=C/C)NC(=O)c1ccc(F)cc1F)C1=C(C)CCN(c2ncccc2F)C1.CF. The van der Waals surface area contributed by atoms with Crippen molar-refractivity contribution in [2.45, 2.75) is 20.3 Å². The summed E-state index contributed by atoms with van der Waals surface area (Å²) in [5.74, 6) is -2.40. The summed E-state index contributed by atoms with van der Waals surface area (Å²) in [5, 5.41) is 2.49. The Morgan fingerprint density at radius 2 is 1.94 bits per heavy atom. The van der Waals surface area contributed by atoms with Gasteiger partial charge in [0.2, 0.25) is 0 Å². The van der Waals surface area contributed by atoms with Gasteiger partial charge in [-0.05, 0) is 61.8 Å². The summed E-state index contributed by atoms with van der Waals surface area (Å²) in [6.45, 7) is 8.75. The zero-order chi connectivity index (χ0) is 25.3. The molecule has 1 aliphatic rings. The maximum absolute atomic E-state index is 14.1. The molecular weight excluding hydrogens is 448 g/mol. The van der Waals surface area contributed by atoms with E-state index in [0.29, 0.717) is 31.9 Å². The van der Waals surface area contributed by atoms with Crippen LogP contribution in [0.4, 0.5) is 23.4 Å². The van der Waals surface area contributed by atoms with E-state index in [2.05, 4.69) is 21.9 Å². The number of aromatic nitrogens is 1. The van der Waals surface area contributed by atoms with Crippen LogP contribution in [0.5, 0.6) is 0 Å². The molecule has 3 rings (SSSR count). The number of pyridine rings is 1. The van der Waals surface area contributed by atoms with Crippen LogP contribution in [0, 0.1) is 17.5 Å². The number of amides is 1. The van der Waals surface area contributed by atoms with Crippen molar-refractivity contribution in [3.05, 3.63) is 94.7 Å². The number of anilines is 1. The first-order chi connectivity index (χ1) is 16.3. The number of carbonyl (C=O) groups is 1. The third kappa shape index (κ3) is 6.63. The topological polar surface area (TPSA) is 57.6 Å². The van der Waals surface area contributed by atoms with E-state index < -0.39 is 23.4 Å². The van der Waals surface area contributed by atoms with Crippen molar-refractivity contribution >= 4 is 17.9 Å². The van der Waals surface area contributed by atoms with E-state index in [1.54, 1.807) is 25.3 Å². The molecule has 0 spiro atoms. The van der Waals surface area contributed by atoms with Crippen molar-refractivity contribution in [2.24, 2.45) is 4.99 Å². The van der Waals surface area contributed by atoms with Crippen molar-refractivity contribution < 1.29 is 22.4 Å². The van der Waals surface area contributed by atoms with Gasteiger partial charge in [0.15, 0.2) is 11.6 Å². The molecule has 0 fully saturated rings. The Morgan fingerprint density at radius 1 is 1.21 bits per heavy atom. The lowest BCUT2D eigenvalue weighted by Crippen LogP contribution is -2.33. The first-order valence-electron chi connectivity index (χ1n) is 10.4. The fourth-order valence-electron chi connectivity index (χ4n) is 3.29. The van der Waals surface area contributed by atoms with Gasteiger partial charge >= 0.3 is 0 Å². The zero-order valence-electron chi connectivity index (χ0n) is 19.2. The quantitative estimate of drug-likeness (QED) is 0.443. The Hall–Kier alpha value is -3.75. The van der Waals surface area contributed by atoms with Crippen molar-refractivity contribution in [1.29, 1.82) is 0 Å². The third-order valence-corrected chi connectivity index (χ3v) is 5.10. The van der Waals surface area contributed by atoms with E-state index in [4.69, 9.17) is 0 Å². The Balaban J connectivity index is 0.00000199. The second-order valence-electron chi connectivity index (χ2n) is 7.27. The largest absolute Gasteiger partial charge is 0.350 e. The van der Waals surface area contributed by atoms with E-state index in [9.17, 15) is 22.4 Å². The number of hydrogen-bond donors (Lipinski definition) is 1. The average Bonchev–Trinajstić information content (AvgIpc) is 2.83. The monoisotopic (exact) mass is 474 g/mol. The molecule has 0 saturated heterocycles. The zero-order valence-corrected chi connectivity index (χ0v) is 19.2. The van der Waals surface area contributed by atoms with Crippen LogP contribution in [0.1, 0.15) is 30.6 Å². The number of allylic oxidation sites excluding steroid dienone is 1. The molecule has 1 amide bonds. The van der Waals surface area contributed by atoms with Crippen LogP contribution >= 0.6 is 0 Å². The summed E-state index contributed by atoms with van der Waals surface area (Å²) >= 11 is 0. The lowest BCUT2D eigenvalue weighted by Gasteiger charge is -2.31. The van der Waals surface area contributed by atoms with E-state index >= 15 is 0 Å². The summed E-state index contributed by atoms with van der Waals surface area (Å²) < 4.78 is 50.6. The van der Waals surface area contributed by atoms with E-state index in [1.807, 2.05) is 11.8 Å². The summed E-state index contributed by atoms with van der Waals surface area (Å²) in [6.07, 6.45) is 5.30. The lowest BCUT2D eigenvalue weighted by molar-refractivity contribution is 0.0961. The Bertz CT molecular complexity index is 1140. The molecule has 1 aromatic heterocycles. The molecule has 34 heavy (non-hydrogen) atoms. The van der Waals surface area contributed by atoms with Gasteiger partial charge < -0.3 is 10.2 Å². The number of alkyl halides is 1. The van der Waals surface area contributed by atoms with Gasteiger partial charge in [0, 0.05) is 31.6 Å². The number of nitrogens with one attached hydrogen (secondary N) is 1. The number of nitrogens with zero attached hydrogens (tertiary/aromatic N) is 3. The van der Waals surface area contributed by atoms with Gasteiger partial charge in [0.25, 0.3) is 5.91 Å². The highest BCUT2D eigenvalue weighted by molar-refractivity contribution is 5.96. The standard InChI is InChI=1S/C24H23F3N4O.CH3F/c1-4-22(30-24(32)18-8-7-17(25)12-21(18)27)29-13-16(3)19-14-31(11-9-15(19)2)23-20(26)6-5-10-28-23;1-2/h4-8,10,12-13H,3,9,11,14H2,1-2H3,(H,30,32);1H3/b22-4+,29-13-;. The Labute approximate surface area is 196 Å². The first kappa shape index (κ1) is 26.5. The number of carbonyl (C=O) groups excluding carboxylic acids is 1. The molecule has 1 aliphatic heterocycles. The van der Waals surface area contributed by atoms with Crippen LogP contribution in [-0.4, -0.2) is 37.4 Å². The molecule has 0 aliphatic carbocycles. The highest BCUT2D eigenvalue weighted by Crippen LogP contribution is 2.26. The maximum atomic E-state index is 14.1. The number of rotatable bonds is 6. The Kier molecular flexibility index (Phi) is 9.73. The molecule has 180 valence electrons. The summed E-state index contributed by atoms with van der Waals surface area (Å²) in [5.41, 5.74) is 2.31. The first-order valence-corrected chi connectivity index (χ1v) is 10.4. The molecule has 1 aromatic carbocycles. The molecule has 0 unspecified atom stereocenters. The minimum atomic E-state index is -0.962. The maximum Gasteiger partial charge on any atom is 0.259 e. The highest BCUT2D eigenvalue weighted by atomic mass is 19.1. The number of aliphatic imine (C=N–C) groups is 1. The van der Waals surface area contributed by atoms with Gasteiger partial charge in [-0.2, -0.15) is 0 Å². The fourth-order valence-corrected chi connectivity index (χ4v) is 3.29. The van der Waals surface area contributed by atoms with Crippen LogP contribution in [0.25, 0.3) is 0 Å². The molecule has 1 N–H and O–H groups in total. The van der Waals surface area contributed by atoms with Crippen molar-refractivity contribution in [3.8, 4) is 0 Å². The van der Waals surface area contributed by atoms with E-state index in [0.717, 1.165) is 29.7 Å². The normalized spacial score (nSPS) is 14.1. The molecule has 5 nitrogen and oxygen atoms in total. The van der Waals surface area contributed by atoms with Crippen LogP contribution in [0.15, 0.2) is 76.7 Å². The lowest BCUT2D eigenvalue weighted by atomic mass is 9.96. The minimum Gasteiger partial charge on any atom is -0.350 e. The average molecular weight is 475 g/mol. The minimum absolute atomic E-state index is 0.182. The molecule has 0 saturated carbocycles. The van der Waals surface area contributed by atoms with Crippen molar-refractivity contribution in [1.82, 2.24) is 10.3 Å². The van der Waals surface area contributed by atoms with Gasteiger partial charge in [0.1, 0.15) is 17.5 Å². The van der Waals surface area contributed by atoms with Crippen LogP contribution < -0.4 is 10.2 Å². The molecule has 0 atom stereocenters. The van der Waals surface area contributed by atoms with Gasteiger partial charge in [-0.15, -0.1) is 0 Å². The van der Waals surface area contributed by atoms with Gasteiger partial charge in [-0.1, -0.05) is 12.2 Å². The molecule has 2 heterocycles. The summed E-state index contributed by atoms with van der Waals surface area (Å²) in [6, 6.07) is 5.63. The third-order valence-electron chi connectivity index (χ3n) is 5.10. The number of halogens is 4. The molecule has 0 bridgehead atoms. The van der Waals surface area contributed by atoms with Gasteiger partial charge in [-0.3, -0.25) is 9.18 Å². The highest BCUT2D eigenvalue weighted by Gasteiger charge is 2.21. The second-order valence-corrected chi connectivity index (χ2v) is 7.27. The van der Waals surface area contributed by atoms with Crippen LogP contribution in [0.3, 0.4) is 0 Å². The number of hydrogen-bond acceptors (Lipinski definition) is 4. The van der Waals surface area contributed by atoms with Crippen molar-refractivity contribution in [3.63, 3.8) is 0 Å². The second kappa shape index (κ2) is 12.5. The van der Waals surface area contributed by atoms with Crippen LogP contribution in [0.2, 0.25) is 0 Å². The van der Waals surface area contributed by atoms with E-state index in [-0.39, 0.29) is 17.2 Å². The predicted molar refractivity (Wildman–Crippen MR) is 126 cm³/mol. The van der Waals surface area contributed by atoms with Crippen molar-refractivity contribution in [2.75, 3.05) is 25.2 Å². The van der Waals surface area contributed by atoms with Crippen LogP contribution in [-0.2, 0) is 0 Å². The smallest absolute Gasteiger partial charge is 0.259 e. The van der Waals surface area contributed by atoms with Gasteiger partial charge in [0.05, 0.1) is 12.7 Å². The number of benzene rings is 1. The molecule has 2 aromatic rings. The van der Waals surface area contributed by atoms with E-state index in [1.165, 1.54) is 12.3 Å². The van der Waals surface area contributed by atoms with Gasteiger partial charge in [-0.25, -0.2) is 23.1 Å².